The summed E-state index contributed by atoms with van der Waals surface area (Å²) in [7, 11) is 3.66. The van der Waals surface area contributed by atoms with E-state index in [1.54, 1.807) is 4.90 Å². The van der Waals surface area contributed by atoms with Crippen molar-refractivity contribution in [1.82, 2.24) is 15.1 Å². The van der Waals surface area contributed by atoms with E-state index in [2.05, 4.69) is 17.1 Å². The van der Waals surface area contributed by atoms with E-state index < -0.39 is 0 Å². The summed E-state index contributed by atoms with van der Waals surface area (Å²) in [5.74, 6) is 1.15. The van der Waals surface area contributed by atoms with Gasteiger partial charge in [0.05, 0.1) is 6.54 Å². The molecule has 0 aromatic heterocycles. The number of hydrogen-bond donors (Lipinski definition) is 1. The van der Waals surface area contributed by atoms with Gasteiger partial charge in [0.25, 0.3) is 0 Å². The summed E-state index contributed by atoms with van der Waals surface area (Å²) in [6.07, 6.45) is 5.06. The molecule has 104 valence electrons. The quantitative estimate of drug-likeness (QED) is 0.791. The van der Waals surface area contributed by atoms with E-state index in [-0.39, 0.29) is 5.91 Å². The van der Waals surface area contributed by atoms with Crippen LogP contribution in [0.25, 0.3) is 0 Å². The fourth-order valence-corrected chi connectivity index (χ4v) is 2.80. The molecule has 1 amide bonds. The van der Waals surface area contributed by atoms with Crippen LogP contribution in [0.4, 0.5) is 0 Å². The summed E-state index contributed by atoms with van der Waals surface area (Å²) in [5.41, 5.74) is 0. The minimum atomic E-state index is 0.217. The van der Waals surface area contributed by atoms with Crippen LogP contribution >= 0.6 is 0 Å². The Morgan fingerprint density at radius 2 is 2.00 bits per heavy atom. The van der Waals surface area contributed by atoms with Crippen LogP contribution < -0.4 is 5.32 Å². The van der Waals surface area contributed by atoms with E-state index in [9.17, 15) is 4.79 Å². The summed E-state index contributed by atoms with van der Waals surface area (Å²) < 4.78 is 0. The minimum absolute atomic E-state index is 0.217. The molecule has 1 N–H and O–H groups in total. The second kappa shape index (κ2) is 6.02. The van der Waals surface area contributed by atoms with E-state index in [1.807, 2.05) is 14.1 Å². The number of rotatable bonds is 5. The summed E-state index contributed by atoms with van der Waals surface area (Å²) in [4.78, 5) is 15.6. The van der Waals surface area contributed by atoms with Crippen LogP contribution in [0.5, 0.6) is 0 Å². The third-order valence-corrected chi connectivity index (χ3v) is 4.34. The normalized spacial score (nSPS) is 29.3. The highest BCUT2D eigenvalue weighted by molar-refractivity contribution is 5.77. The van der Waals surface area contributed by atoms with Gasteiger partial charge >= 0.3 is 0 Å². The van der Waals surface area contributed by atoms with Crippen molar-refractivity contribution in [3.8, 4) is 0 Å². The van der Waals surface area contributed by atoms with Crippen molar-refractivity contribution >= 4 is 5.91 Å². The number of nitrogens with zero attached hydrogens (tertiary/aromatic N) is 2. The Morgan fingerprint density at radius 1 is 1.33 bits per heavy atom. The lowest BCUT2D eigenvalue weighted by molar-refractivity contribution is -0.130. The maximum Gasteiger partial charge on any atom is 0.236 e. The number of carbonyl (C=O) groups excluding carboxylic acids is 1. The van der Waals surface area contributed by atoms with Crippen molar-refractivity contribution in [2.75, 3.05) is 33.7 Å². The van der Waals surface area contributed by atoms with Gasteiger partial charge in [0.1, 0.15) is 0 Å². The predicted octanol–water partition coefficient (Wildman–Crippen LogP) is 0.927. The Balaban J connectivity index is 1.64. The molecule has 2 atom stereocenters. The number of carbonyl (C=O) groups is 1. The molecule has 1 aliphatic carbocycles. The predicted molar refractivity (Wildman–Crippen MR) is 73.5 cm³/mol. The monoisotopic (exact) mass is 253 g/mol. The van der Waals surface area contributed by atoms with Gasteiger partial charge in [-0.1, -0.05) is 13.3 Å². The largest absolute Gasteiger partial charge is 0.348 e. The molecule has 2 fully saturated rings. The van der Waals surface area contributed by atoms with Crippen molar-refractivity contribution in [3.05, 3.63) is 0 Å². The van der Waals surface area contributed by atoms with E-state index in [4.69, 9.17) is 0 Å². The van der Waals surface area contributed by atoms with Crippen molar-refractivity contribution in [2.45, 2.75) is 44.7 Å². The van der Waals surface area contributed by atoms with Crippen LogP contribution in [0.3, 0.4) is 0 Å². The lowest BCUT2D eigenvalue weighted by Crippen LogP contribution is -2.46. The first-order valence-electron chi connectivity index (χ1n) is 7.28. The Labute approximate surface area is 111 Å². The summed E-state index contributed by atoms with van der Waals surface area (Å²) >= 11 is 0. The van der Waals surface area contributed by atoms with Gasteiger partial charge in [0.15, 0.2) is 0 Å². The average Bonchev–Trinajstić information content (AvgIpc) is 3.10. The topological polar surface area (TPSA) is 35.6 Å². The zero-order chi connectivity index (χ0) is 13.1. The van der Waals surface area contributed by atoms with Crippen LogP contribution in [-0.2, 0) is 4.79 Å². The zero-order valence-electron chi connectivity index (χ0n) is 12.0. The minimum Gasteiger partial charge on any atom is -0.348 e. The molecule has 0 spiro atoms. The fraction of sp³-hybridized carbons (Fsp3) is 0.929. The molecule has 1 saturated carbocycles. The van der Waals surface area contributed by atoms with E-state index in [0.29, 0.717) is 12.6 Å². The Kier molecular flexibility index (Phi) is 4.62. The fourth-order valence-electron chi connectivity index (χ4n) is 2.80. The molecule has 1 aliphatic heterocycles. The maximum atomic E-state index is 11.6. The SMILES string of the molecule is CCC1CC1NC1CCN(CC(=O)N(C)C)CC1. The molecule has 1 saturated heterocycles. The molecule has 0 aromatic carbocycles. The highest BCUT2D eigenvalue weighted by Crippen LogP contribution is 2.34. The molecule has 4 heteroatoms. The Hall–Kier alpha value is -0.610. The Morgan fingerprint density at radius 3 is 2.50 bits per heavy atom. The lowest BCUT2D eigenvalue weighted by Gasteiger charge is -2.32. The second-order valence-corrected chi connectivity index (χ2v) is 6.02. The van der Waals surface area contributed by atoms with E-state index in [1.165, 1.54) is 25.7 Å². The summed E-state index contributed by atoms with van der Waals surface area (Å²) in [6, 6.07) is 1.47. The molecule has 0 radical (unpaired) electrons. The van der Waals surface area contributed by atoms with Crippen molar-refractivity contribution in [2.24, 2.45) is 5.92 Å². The summed E-state index contributed by atoms with van der Waals surface area (Å²) in [5, 5.41) is 3.77. The molecule has 0 bridgehead atoms. The first-order valence-corrected chi connectivity index (χ1v) is 7.28. The number of nitrogens with one attached hydrogen (secondary N) is 1. The zero-order valence-corrected chi connectivity index (χ0v) is 12.0. The van der Waals surface area contributed by atoms with E-state index in [0.717, 1.165) is 25.0 Å². The number of amides is 1. The van der Waals surface area contributed by atoms with E-state index >= 15 is 0 Å². The van der Waals surface area contributed by atoms with Crippen molar-refractivity contribution in [3.63, 3.8) is 0 Å². The van der Waals surface area contributed by atoms with Gasteiger partial charge in [0.2, 0.25) is 5.91 Å². The Bertz CT molecular complexity index is 285. The molecular weight excluding hydrogens is 226 g/mol. The first-order chi connectivity index (χ1) is 8.60. The van der Waals surface area contributed by atoms with Crippen LogP contribution in [-0.4, -0.2) is 61.5 Å². The highest BCUT2D eigenvalue weighted by Gasteiger charge is 2.37. The lowest BCUT2D eigenvalue weighted by atomic mass is 10.0. The van der Waals surface area contributed by atoms with Crippen LogP contribution in [0.15, 0.2) is 0 Å². The molecule has 2 aliphatic rings. The number of likely N-dealkylation sites (tertiary alicyclic amines) is 1. The van der Waals surface area contributed by atoms with Crippen molar-refractivity contribution < 1.29 is 4.79 Å². The van der Waals surface area contributed by atoms with Gasteiger partial charge < -0.3 is 10.2 Å². The molecule has 2 rings (SSSR count). The molecule has 4 nitrogen and oxygen atoms in total. The van der Waals surface area contributed by atoms with Gasteiger partial charge in [-0.25, -0.2) is 0 Å². The van der Waals surface area contributed by atoms with Gasteiger partial charge in [-0.05, 0) is 25.2 Å². The smallest absolute Gasteiger partial charge is 0.236 e. The third kappa shape index (κ3) is 3.69. The van der Waals surface area contributed by atoms with Gasteiger partial charge in [-0.15, -0.1) is 0 Å². The number of piperidine rings is 1. The third-order valence-electron chi connectivity index (χ3n) is 4.34. The molecule has 1 heterocycles. The van der Waals surface area contributed by atoms with Crippen LogP contribution in [0.1, 0.15) is 32.6 Å². The molecular formula is C14H27N3O. The van der Waals surface area contributed by atoms with Crippen LogP contribution in [0.2, 0.25) is 0 Å². The second-order valence-electron chi connectivity index (χ2n) is 6.02. The number of likely N-dealkylation sites (N-methyl/N-ethyl adjacent to an activating group) is 1. The summed E-state index contributed by atoms with van der Waals surface area (Å²) in [6.45, 7) is 4.98. The highest BCUT2D eigenvalue weighted by atomic mass is 16.2. The standard InChI is InChI=1S/C14H27N3O/c1-4-11-9-13(11)15-12-5-7-17(8-6-12)10-14(18)16(2)3/h11-13,15H,4-10H2,1-3H3. The molecule has 18 heavy (non-hydrogen) atoms. The average molecular weight is 253 g/mol. The van der Waals surface area contributed by atoms with Gasteiger partial charge in [-0.3, -0.25) is 9.69 Å². The van der Waals surface area contributed by atoms with Gasteiger partial charge in [-0.2, -0.15) is 0 Å². The first kappa shape index (κ1) is 13.8. The van der Waals surface area contributed by atoms with Crippen LogP contribution in [0, 0.1) is 5.92 Å². The van der Waals surface area contributed by atoms with Crippen molar-refractivity contribution in [1.29, 1.82) is 0 Å². The molecule has 2 unspecified atom stereocenters. The van der Waals surface area contributed by atoms with Gasteiger partial charge in [0, 0.05) is 39.3 Å². The molecule has 0 aromatic rings. The number of hydrogen-bond acceptors (Lipinski definition) is 3. The maximum absolute atomic E-state index is 11.6.